The first-order chi connectivity index (χ1) is 12.3. The Morgan fingerprint density at radius 3 is 1.64 bits per heavy atom. The van der Waals surface area contributed by atoms with Crippen molar-refractivity contribution in [2.45, 2.75) is 58.8 Å². The van der Waals surface area contributed by atoms with Gasteiger partial charge in [0.1, 0.15) is 0 Å². The number of thiophene rings is 2. The third-order valence-corrected chi connectivity index (χ3v) is 6.94. The normalized spacial score (nSPS) is 11.1. The average molecular weight is 369 g/mol. The van der Waals surface area contributed by atoms with Crippen LogP contribution in [-0.2, 0) is 12.8 Å². The maximum absolute atomic E-state index is 2.32. The van der Waals surface area contributed by atoms with Crippen LogP contribution in [0.2, 0.25) is 0 Å². The van der Waals surface area contributed by atoms with Gasteiger partial charge in [-0.25, -0.2) is 0 Å². The summed E-state index contributed by atoms with van der Waals surface area (Å²) in [5.74, 6) is 0. The summed E-state index contributed by atoms with van der Waals surface area (Å²) >= 11 is 3.89. The minimum Gasteiger partial charge on any atom is -0.140 e. The van der Waals surface area contributed by atoms with Crippen molar-refractivity contribution >= 4 is 22.7 Å². The fourth-order valence-corrected chi connectivity index (χ4v) is 5.28. The topological polar surface area (TPSA) is 0 Å². The van der Waals surface area contributed by atoms with Crippen molar-refractivity contribution in [3.05, 3.63) is 58.3 Å². The number of hydrogen-bond donors (Lipinski definition) is 0. The summed E-state index contributed by atoms with van der Waals surface area (Å²) in [5.41, 5.74) is 2.69. The lowest BCUT2D eigenvalue weighted by atomic mass is 10.1. The molecule has 0 fully saturated rings. The predicted molar refractivity (Wildman–Crippen MR) is 115 cm³/mol. The van der Waals surface area contributed by atoms with Crippen molar-refractivity contribution < 1.29 is 0 Å². The van der Waals surface area contributed by atoms with Gasteiger partial charge in [-0.15, -0.1) is 22.7 Å². The van der Waals surface area contributed by atoms with Gasteiger partial charge in [0.05, 0.1) is 0 Å². The van der Waals surface area contributed by atoms with E-state index in [1.165, 1.54) is 75.6 Å². The highest BCUT2D eigenvalue weighted by Crippen LogP contribution is 2.33. The Labute approximate surface area is 160 Å². The van der Waals surface area contributed by atoms with Crippen LogP contribution in [0, 0.1) is 0 Å². The number of rotatable bonds is 9. The molecule has 3 aromatic rings. The van der Waals surface area contributed by atoms with Crippen molar-refractivity contribution in [1.29, 1.82) is 0 Å². The van der Waals surface area contributed by atoms with Crippen LogP contribution in [0.5, 0.6) is 0 Å². The van der Waals surface area contributed by atoms with Crippen LogP contribution in [0.15, 0.2) is 48.5 Å². The lowest BCUT2D eigenvalue weighted by Gasteiger charge is -2.01. The molecule has 0 nitrogen and oxygen atoms in total. The Bertz CT molecular complexity index is 762. The SMILES string of the molecule is CCCCCCc1ccc(-c2ccc(-c3ccc(CCC)s3)cc2)s1. The van der Waals surface area contributed by atoms with Crippen LogP contribution in [0.4, 0.5) is 0 Å². The Balaban J connectivity index is 1.64. The molecule has 0 spiro atoms. The van der Waals surface area contributed by atoms with Crippen LogP contribution in [0.1, 0.15) is 55.7 Å². The zero-order valence-electron chi connectivity index (χ0n) is 15.4. The molecule has 0 aliphatic rings. The molecule has 0 unspecified atom stereocenters. The van der Waals surface area contributed by atoms with E-state index in [0.717, 1.165) is 0 Å². The Hall–Kier alpha value is -1.38. The molecule has 0 aliphatic carbocycles. The summed E-state index contributed by atoms with van der Waals surface area (Å²) in [6.07, 6.45) is 9.01. The van der Waals surface area contributed by atoms with Gasteiger partial charge in [-0.3, -0.25) is 0 Å². The smallest absolute Gasteiger partial charge is 0.0345 e. The van der Waals surface area contributed by atoms with Crippen molar-refractivity contribution in [2.75, 3.05) is 0 Å². The van der Waals surface area contributed by atoms with Gasteiger partial charge in [0, 0.05) is 19.5 Å². The largest absolute Gasteiger partial charge is 0.140 e. The number of aryl methyl sites for hydroxylation is 2. The van der Waals surface area contributed by atoms with Gasteiger partial charge >= 0.3 is 0 Å². The number of benzene rings is 1. The minimum atomic E-state index is 1.19. The van der Waals surface area contributed by atoms with Crippen molar-refractivity contribution in [3.63, 3.8) is 0 Å². The molecular weight excluding hydrogens is 340 g/mol. The molecule has 0 amide bonds. The summed E-state index contributed by atoms with van der Waals surface area (Å²) in [4.78, 5) is 5.80. The number of hydrogen-bond acceptors (Lipinski definition) is 2. The van der Waals surface area contributed by atoms with E-state index >= 15 is 0 Å². The van der Waals surface area contributed by atoms with E-state index in [-0.39, 0.29) is 0 Å². The van der Waals surface area contributed by atoms with Crippen LogP contribution in [0.25, 0.3) is 20.9 Å². The maximum Gasteiger partial charge on any atom is 0.0345 e. The Kier molecular flexibility index (Phi) is 6.89. The van der Waals surface area contributed by atoms with Gasteiger partial charge in [0.15, 0.2) is 0 Å². The van der Waals surface area contributed by atoms with E-state index in [1.54, 1.807) is 0 Å². The van der Waals surface area contributed by atoms with Crippen molar-refractivity contribution in [1.82, 2.24) is 0 Å². The first-order valence-electron chi connectivity index (χ1n) is 9.58. The molecule has 0 atom stereocenters. The molecule has 3 rings (SSSR count). The lowest BCUT2D eigenvalue weighted by molar-refractivity contribution is 0.670. The zero-order chi connectivity index (χ0) is 17.5. The Morgan fingerprint density at radius 1 is 0.560 bits per heavy atom. The van der Waals surface area contributed by atoms with Gasteiger partial charge in [-0.2, -0.15) is 0 Å². The summed E-state index contributed by atoms with van der Waals surface area (Å²) in [6.45, 7) is 4.51. The van der Waals surface area contributed by atoms with E-state index < -0.39 is 0 Å². The van der Waals surface area contributed by atoms with E-state index in [9.17, 15) is 0 Å². The fourth-order valence-electron chi connectivity index (χ4n) is 3.11. The molecule has 0 saturated carbocycles. The van der Waals surface area contributed by atoms with Gasteiger partial charge in [0.25, 0.3) is 0 Å². The molecule has 132 valence electrons. The van der Waals surface area contributed by atoms with Gasteiger partial charge < -0.3 is 0 Å². The molecule has 1 aromatic carbocycles. The first-order valence-corrected chi connectivity index (χ1v) is 11.2. The third kappa shape index (κ3) is 5.05. The van der Waals surface area contributed by atoms with E-state index in [1.807, 2.05) is 22.7 Å². The summed E-state index contributed by atoms with van der Waals surface area (Å²) < 4.78 is 0. The van der Waals surface area contributed by atoms with E-state index in [4.69, 9.17) is 0 Å². The standard InChI is InChI=1S/C23H28S2/c1-3-5-6-7-9-21-15-17-23(25-21)19-12-10-18(11-13-19)22-16-14-20(24-22)8-4-2/h10-17H,3-9H2,1-2H3. The van der Waals surface area contributed by atoms with Gasteiger partial charge in [-0.05, 0) is 54.7 Å². The molecule has 0 saturated heterocycles. The van der Waals surface area contributed by atoms with E-state index in [0.29, 0.717) is 0 Å². The molecule has 0 bridgehead atoms. The Morgan fingerprint density at radius 2 is 1.12 bits per heavy atom. The molecule has 0 radical (unpaired) electrons. The molecular formula is C23H28S2. The molecule has 2 heteroatoms. The van der Waals surface area contributed by atoms with Crippen LogP contribution in [-0.4, -0.2) is 0 Å². The molecule has 25 heavy (non-hydrogen) atoms. The monoisotopic (exact) mass is 368 g/mol. The molecule has 0 aliphatic heterocycles. The minimum absolute atomic E-state index is 1.19. The van der Waals surface area contributed by atoms with Crippen LogP contribution in [0.3, 0.4) is 0 Å². The maximum atomic E-state index is 2.32. The fraction of sp³-hybridized carbons (Fsp3) is 0.391. The molecule has 0 N–H and O–H groups in total. The number of unbranched alkanes of at least 4 members (excludes halogenated alkanes) is 3. The summed E-state index contributed by atoms with van der Waals surface area (Å²) in [5, 5.41) is 0. The zero-order valence-corrected chi connectivity index (χ0v) is 17.0. The van der Waals surface area contributed by atoms with Crippen molar-refractivity contribution in [3.8, 4) is 20.9 Å². The average Bonchev–Trinajstić information content (AvgIpc) is 3.29. The summed E-state index contributed by atoms with van der Waals surface area (Å²) in [7, 11) is 0. The van der Waals surface area contributed by atoms with Crippen molar-refractivity contribution in [2.24, 2.45) is 0 Å². The second-order valence-electron chi connectivity index (χ2n) is 6.67. The molecule has 2 heterocycles. The van der Waals surface area contributed by atoms with Crippen LogP contribution >= 0.6 is 22.7 Å². The second-order valence-corrected chi connectivity index (χ2v) is 9.01. The second kappa shape index (κ2) is 9.35. The predicted octanol–water partition coefficient (Wildman–Crippen LogP) is 8.22. The quantitative estimate of drug-likeness (QED) is 0.334. The third-order valence-electron chi connectivity index (χ3n) is 4.55. The highest BCUT2D eigenvalue weighted by Gasteiger charge is 2.06. The lowest BCUT2D eigenvalue weighted by Crippen LogP contribution is -1.80. The van der Waals surface area contributed by atoms with Gasteiger partial charge in [-0.1, -0.05) is 63.8 Å². The first kappa shape index (κ1) is 18.4. The van der Waals surface area contributed by atoms with Gasteiger partial charge in [0.2, 0.25) is 0 Å². The van der Waals surface area contributed by atoms with Crippen LogP contribution < -0.4 is 0 Å². The highest BCUT2D eigenvalue weighted by molar-refractivity contribution is 7.15. The summed E-state index contributed by atoms with van der Waals surface area (Å²) in [6, 6.07) is 18.3. The van der Waals surface area contributed by atoms with E-state index in [2.05, 4.69) is 62.4 Å². The highest BCUT2D eigenvalue weighted by atomic mass is 32.1. The molecule has 2 aromatic heterocycles.